The summed E-state index contributed by atoms with van der Waals surface area (Å²) in [7, 11) is -4.28. The highest BCUT2D eigenvalue weighted by Crippen LogP contribution is 2.34. The summed E-state index contributed by atoms with van der Waals surface area (Å²) in [6, 6.07) is 5.50. The lowest BCUT2D eigenvalue weighted by molar-refractivity contribution is -0.137. The summed E-state index contributed by atoms with van der Waals surface area (Å²) in [6.07, 6.45) is -7.27. The Morgan fingerprint density at radius 2 is 1.60 bits per heavy atom. The van der Waals surface area contributed by atoms with Gasteiger partial charge in [0.05, 0.1) is 16.9 Å². The van der Waals surface area contributed by atoms with Crippen molar-refractivity contribution in [2.45, 2.75) is 17.5 Å². The third-order valence-corrected chi connectivity index (χ3v) is 5.17. The predicted molar refractivity (Wildman–Crippen MR) is 92.0 cm³/mol. The van der Waals surface area contributed by atoms with Gasteiger partial charge in [-0.15, -0.1) is 0 Å². The second kappa shape index (κ2) is 7.42. The fourth-order valence-electron chi connectivity index (χ4n) is 2.79. The molecule has 0 amide bonds. The van der Waals surface area contributed by atoms with Crippen LogP contribution in [0.15, 0.2) is 47.4 Å². The van der Waals surface area contributed by atoms with Crippen molar-refractivity contribution in [1.82, 2.24) is 9.78 Å². The molecule has 1 aromatic heterocycles. The number of alkyl halides is 5. The normalized spacial score (nSPS) is 12.6. The maximum Gasteiger partial charge on any atom is 0.416 e. The second-order valence-corrected chi connectivity index (χ2v) is 8.21. The van der Waals surface area contributed by atoms with Crippen LogP contribution in [0.25, 0.3) is 16.9 Å². The summed E-state index contributed by atoms with van der Waals surface area (Å²) in [5, 5.41) is 3.52. The third kappa shape index (κ3) is 4.18. The molecule has 3 aromatic rings. The number of benzene rings is 2. The van der Waals surface area contributed by atoms with E-state index >= 15 is 0 Å². The van der Waals surface area contributed by atoms with Crippen molar-refractivity contribution in [2.75, 3.05) is 6.26 Å². The molecule has 12 heteroatoms. The van der Waals surface area contributed by atoms with Crippen molar-refractivity contribution in [2.24, 2.45) is 0 Å². The van der Waals surface area contributed by atoms with Crippen LogP contribution in [0, 0.1) is 11.6 Å². The molecule has 0 unspecified atom stereocenters. The summed E-state index contributed by atoms with van der Waals surface area (Å²) in [6.45, 7) is 0. The Morgan fingerprint density at radius 3 is 2.10 bits per heavy atom. The van der Waals surface area contributed by atoms with E-state index in [1.54, 1.807) is 0 Å². The van der Waals surface area contributed by atoms with Gasteiger partial charge in [-0.3, -0.25) is 0 Å². The molecule has 0 spiro atoms. The van der Waals surface area contributed by atoms with Crippen LogP contribution in [0.3, 0.4) is 0 Å². The SMILES string of the molecule is CS(=O)(=O)c1c(F)cc(-n2nc(C(F)F)cc2-c2cccc(C(F)(F)F)c2)cc1F. The quantitative estimate of drug-likeness (QED) is 0.513. The molecule has 0 bridgehead atoms. The molecular formula is C18H11F7N2O2S. The molecule has 2 aromatic carbocycles. The van der Waals surface area contributed by atoms with E-state index in [2.05, 4.69) is 5.10 Å². The van der Waals surface area contributed by atoms with E-state index in [-0.39, 0.29) is 11.3 Å². The van der Waals surface area contributed by atoms with Crippen molar-refractivity contribution in [3.8, 4) is 16.9 Å². The summed E-state index contributed by atoms with van der Waals surface area (Å²) in [5.41, 5.74) is -2.91. The number of aromatic nitrogens is 2. The molecule has 0 saturated heterocycles. The van der Waals surface area contributed by atoms with Gasteiger partial charge in [-0.25, -0.2) is 30.7 Å². The van der Waals surface area contributed by atoms with Gasteiger partial charge in [0.2, 0.25) is 0 Å². The summed E-state index contributed by atoms with van der Waals surface area (Å²) in [5.74, 6) is -3.01. The van der Waals surface area contributed by atoms with E-state index in [0.29, 0.717) is 29.1 Å². The Labute approximate surface area is 165 Å². The van der Waals surface area contributed by atoms with Crippen LogP contribution in [0.4, 0.5) is 30.7 Å². The van der Waals surface area contributed by atoms with Crippen molar-refractivity contribution >= 4 is 9.84 Å². The fourth-order valence-corrected chi connectivity index (χ4v) is 3.61. The number of halogens is 7. The monoisotopic (exact) mass is 452 g/mol. The van der Waals surface area contributed by atoms with Gasteiger partial charge in [-0.05, 0) is 18.2 Å². The van der Waals surface area contributed by atoms with E-state index in [0.717, 1.165) is 18.2 Å². The fraction of sp³-hybridized carbons (Fsp3) is 0.167. The first-order valence-corrected chi connectivity index (χ1v) is 9.93. The van der Waals surface area contributed by atoms with Crippen LogP contribution >= 0.6 is 0 Å². The first kappa shape index (κ1) is 21.8. The number of hydrogen-bond donors (Lipinski definition) is 0. The highest BCUT2D eigenvalue weighted by molar-refractivity contribution is 7.90. The molecule has 160 valence electrons. The Bertz CT molecular complexity index is 1190. The van der Waals surface area contributed by atoms with E-state index in [1.165, 1.54) is 6.07 Å². The molecule has 3 rings (SSSR count). The lowest BCUT2D eigenvalue weighted by Crippen LogP contribution is -2.08. The van der Waals surface area contributed by atoms with Crippen molar-refractivity contribution in [3.63, 3.8) is 0 Å². The molecule has 0 atom stereocenters. The predicted octanol–water partition coefficient (Wildman–Crippen LogP) is 5.18. The molecule has 0 aliphatic rings. The van der Waals surface area contributed by atoms with Crippen molar-refractivity contribution < 1.29 is 39.2 Å². The first-order valence-electron chi connectivity index (χ1n) is 8.04. The first-order chi connectivity index (χ1) is 13.8. The van der Waals surface area contributed by atoms with Gasteiger partial charge in [0.15, 0.2) is 9.84 Å². The number of hydrogen-bond acceptors (Lipinski definition) is 3. The number of sulfone groups is 1. The minimum atomic E-state index is -4.72. The summed E-state index contributed by atoms with van der Waals surface area (Å²) in [4.78, 5) is -1.23. The minimum Gasteiger partial charge on any atom is -0.232 e. The maximum atomic E-state index is 14.3. The minimum absolute atomic E-state index is 0.197. The van der Waals surface area contributed by atoms with Gasteiger partial charge in [0.1, 0.15) is 22.2 Å². The average Bonchev–Trinajstić information content (AvgIpc) is 3.05. The number of nitrogens with zero attached hydrogens (tertiary/aromatic N) is 2. The van der Waals surface area contributed by atoms with Gasteiger partial charge < -0.3 is 0 Å². The zero-order valence-corrected chi connectivity index (χ0v) is 15.7. The zero-order valence-electron chi connectivity index (χ0n) is 14.9. The highest BCUT2D eigenvalue weighted by atomic mass is 32.2. The zero-order chi connectivity index (χ0) is 22.4. The second-order valence-electron chi connectivity index (χ2n) is 6.26. The van der Waals surface area contributed by atoms with Gasteiger partial charge in [0, 0.05) is 24.0 Å². The van der Waals surface area contributed by atoms with Crippen LogP contribution in [0.5, 0.6) is 0 Å². The average molecular weight is 452 g/mol. The van der Waals surface area contributed by atoms with Gasteiger partial charge in [-0.2, -0.15) is 18.3 Å². The summed E-state index contributed by atoms with van der Waals surface area (Å²) < 4.78 is 118. The molecule has 0 aliphatic carbocycles. The van der Waals surface area contributed by atoms with E-state index in [9.17, 15) is 39.2 Å². The van der Waals surface area contributed by atoms with Gasteiger partial charge in [-0.1, -0.05) is 12.1 Å². The van der Waals surface area contributed by atoms with Crippen LogP contribution < -0.4 is 0 Å². The van der Waals surface area contributed by atoms with Crippen LogP contribution in [-0.4, -0.2) is 24.5 Å². The number of rotatable bonds is 4. The Balaban J connectivity index is 2.25. The molecule has 0 radical (unpaired) electrons. The van der Waals surface area contributed by atoms with Gasteiger partial charge >= 0.3 is 6.18 Å². The van der Waals surface area contributed by atoms with Crippen molar-refractivity contribution in [3.05, 3.63) is 65.4 Å². The Morgan fingerprint density at radius 1 is 1.00 bits per heavy atom. The molecule has 0 aliphatic heterocycles. The molecule has 30 heavy (non-hydrogen) atoms. The van der Waals surface area contributed by atoms with Gasteiger partial charge in [0.25, 0.3) is 6.43 Å². The third-order valence-electron chi connectivity index (χ3n) is 4.04. The van der Waals surface area contributed by atoms with Crippen LogP contribution in [0.1, 0.15) is 17.7 Å². The lowest BCUT2D eigenvalue weighted by atomic mass is 10.1. The molecule has 0 saturated carbocycles. The van der Waals surface area contributed by atoms with Crippen molar-refractivity contribution in [1.29, 1.82) is 0 Å². The largest absolute Gasteiger partial charge is 0.416 e. The van der Waals surface area contributed by atoms with Crippen LogP contribution in [0.2, 0.25) is 0 Å². The Hall–Kier alpha value is -2.89. The van der Waals surface area contributed by atoms with E-state index in [1.807, 2.05) is 0 Å². The molecule has 4 nitrogen and oxygen atoms in total. The molecular weight excluding hydrogens is 441 g/mol. The summed E-state index contributed by atoms with van der Waals surface area (Å²) >= 11 is 0. The molecule has 0 N–H and O–H groups in total. The van der Waals surface area contributed by atoms with E-state index in [4.69, 9.17) is 0 Å². The molecule has 1 heterocycles. The van der Waals surface area contributed by atoms with Crippen LogP contribution in [-0.2, 0) is 16.0 Å². The highest BCUT2D eigenvalue weighted by Gasteiger charge is 2.31. The molecule has 0 fully saturated rings. The smallest absolute Gasteiger partial charge is 0.232 e. The van der Waals surface area contributed by atoms with E-state index < -0.39 is 55.9 Å². The lowest BCUT2D eigenvalue weighted by Gasteiger charge is -2.12. The maximum absolute atomic E-state index is 14.3. The Kier molecular flexibility index (Phi) is 5.39. The topological polar surface area (TPSA) is 52.0 Å². The standard InChI is InChI=1S/C18H11F7N2O2S/c1-30(28,29)16-12(19)6-11(7-13(16)20)27-15(8-14(26-27)17(21)22)9-3-2-4-10(5-9)18(23,24)25/h2-8,17H,1H3.